The third kappa shape index (κ3) is 4.34. The van der Waals surface area contributed by atoms with Crippen molar-refractivity contribution in [3.8, 4) is 5.75 Å². The number of ether oxygens (including phenoxy) is 1. The fourth-order valence-corrected chi connectivity index (χ4v) is 5.69. The summed E-state index contributed by atoms with van der Waals surface area (Å²) in [5.41, 5.74) is 1.19. The van der Waals surface area contributed by atoms with Gasteiger partial charge in [-0.05, 0) is 60.8 Å². The maximum atomic E-state index is 13.5. The average Bonchev–Trinajstić information content (AvgIpc) is 3.64. The Morgan fingerprint density at radius 1 is 1.21 bits per heavy atom. The summed E-state index contributed by atoms with van der Waals surface area (Å²) in [6.45, 7) is 2.73. The first kappa shape index (κ1) is 23.0. The molecule has 1 aromatic heterocycles. The van der Waals surface area contributed by atoms with E-state index in [0.29, 0.717) is 31.8 Å². The van der Waals surface area contributed by atoms with E-state index >= 15 is 0 Å². The van der Waals surface area contributed by atoms with Crippen LogP contribution in [-0.2, 0) is 17.4 Å². The molecule has 2 aromatic rings. The standard InChI is InChI=1S/C26H29F3N2O3/c1-16(24(32)33)23(18-3-4-18)19-5-2-17-6-8-25(34-22(17)14-19)9-12-31(13-10-25)21-7-11-30-15-20(21)26(27,28)29/h2,5,7,11,14-16,18,23H,3-4,6,8-10,12-13H2,1H3,(H,32,33)/t16-,23?/m0/s1. The summed E-state index contributed by atoms with van der Waals surface area (Å²) in [6, 6.07) is 7.57. The highest BCUT2D eigenvalue weighted by Gasteiger charge is 2.43. The lowest BCUT2D eigenvalue weighted by atomic mass is 9.80. The monoisotopic (exact) mass is 474 g/mol. The lowest BCUT2D eigenvalue weighted by molar-refractivity contribution is -0.142. The van der Waals surface area contributed by atoms with Gasteiger partial charge >= 0.3 is 12.1 Å². The highest BCUT2D eigenvalue weighted by Crippen LogP contribution is 2.49. The van der Waals surface area contributed by atoms with E-state index in [1.807, 2.05) is 12.1 Å². The van der Waals surface area contributed by atoms with Crippen molar-refractivity contribution >= 4 is 11.7 Å². The van der Waals surface area contributed by atoms with Crippen LogP contribution >= 0.6 is 0 Å². The second kappa shape index (κ2) is 8.47. The minimum atomic E-state index is -4.44. The van der Waals surface area contributed by atoms with E-state index in [1.54, 1.807) is 11.8 Å². The fourth-order valence-electron chi connectivity index (χ4n) is 5.69. The Balaban J connectivity index is 1.34. The SMILES string of the molecule is C[C@H](C(=O)O)C(c1ccc2c(c1)OC1(CC2)CCN(c2ccncc2C(F)(F)F)CC1)C1CC1. The molecule has 2 fully saturated rings. The van der Waals surface area contributed by atoms with Crippen LogP contribution in [0.1, 0.15) is 61.6 Å². The largest absolute Gasteiger partial charge is 0.487 e. The summed E-state index contributed by atoms with van der Waals surface area (Å²) >= 11 is 0. The first-order valence-corrected chi connectivity index (χ1v) is 12.0. The molecular weight excluding hydrogens is 445 g/mol. The van der Waals surface area contributed by atoms with Crippen molar-refractivity contribution in [3.63, 3.8) is 0 Å². The topological polar surface area (TPSA) is 62.7 Å². The van der Waals surface area contributed by atoms with Crippen LogP contribution in [0.2, 0.25) is 0 Å². The van der Waals surface area contributed by atoms with Gasteiger partial charge in [-0.3, -0.25) is 9.78 Å². The van der Waals surface area contributed by atoms with Crippen molar-refractivity contribution in [3.05, 3.63) is 53.3 Å². The zero-order chi connectivity index (χ0) is 24.1. The number of alkyl halides is 3. The molecule has 2 atom stereocenters. The second-order valence-electron chi connectivity index (χ2n) is 10.0. The van der Waals surface area contributed by atoms with Crippen LogP contribution in [0.4, 0.5) is 18.9 Å². The molecule has 1 saturated heterocycles. The highest BCUT2D eigenvalue weighted by molar-refractivity contribution is 5.71. The second-order valence-corrected chi connectivity index (χ2v) is 10.0. The summed E-state index contributed by atoms with van der Waals surface area (Å²) in [5, 5.41) is 9.61. The van der Waals surface area contributed by atoms with Gasteiger partial charge in [0, 0.05) is 38.3 Å². The minimum Gasteiger partial charge on any atom is -0.487 e. The number of aromatic nitrogens is 1. The van der Waals surface area contributed by atoms with Gasteiger partial charge in [-0.15, -0.1) is 0 Å². The maximum absolute atomic E-state index is 13.5. The number of aliphatic carboxylic acids is 1. The summed E-state index contributed by atoms with van der Waals surface area (Å²) < 4.78 is 46.9. The van der Waals surface area contributed by atoms with Crippen LogP contribution in [-0.4, -0.2) is 34.8 Å². The molecule has 3 heterocycles. The van der Waals surface area contributed by atoms with Crippen LogP contribution < -0.4 is 9.64 Å². The van der Waals surface area contributed by atoms with Crippen molar-refractivity contribution in [1.29, 1.82) is 0 Å². The molecule has 34 heavy (non-hydrogen) atoms. The summed E-state index contributed by atoms with van der Waals surface area (Å²) in [6.07, 6.45) is 2.89. The molecular formula is C26H29F3N2O3. The lowest BCUT2D eigenvalue weighted by Crippen LogP contribution is -2.50. The number of rotatable bonds is 5. The van der Waals surface area contributed by atoms with Gasteiger partial charge in [-0.25, -0.2) is 0 Å². The number of aryl methyl sites for hydroxylation is 1. The Morgan fingerprint density at radius 3 is 2.59 bits per heavy atom. The number of carboxylic acid groups (broad SMARTS) is 1. The van der Waals surface area contributed by atoms with E-state index in [2.05, 4.69) is 11.1 Å². The number of hydrogen-bond acceptors (Lipinski definition) is 4. The molecule has 0 amide bonds. The molecule has 2 aliphatic heterocycles. The van der Waals surface area contributed by atoms with Gasteiger partial charge in [0.05, 0.1) is 17.2 Å². The van der Waals surface area contributed by atoms with E-state index in [9.17, 15) is 23.1 Å². The molecule has 5 nitrogen and oxygen atoms in total. The number of carbonyl (C=O) groups is 1. The molecule has 0 bridgehead atoms. The smallest absolute Gasteiger partial charge is 0.419 e. The van der Waals surface area contributed by atoms with Crippen molar-refractivity contribution in [2.45, 2.75) is 63.1 Å². The molecule has 5 rings (SSSR count). The summed E-state index contributed by atoms with van der Waals surface area (Å²) in [4.78, 5) is 17.2. The normalized spacial score (nSPS) is 21.5. The number of piperidine rings is 1. The molecule has 1 spiro atoms. The van der Waals surface area contributed by atoms with Gasteiger partial charge in [-0.1, -0.05) is 19.1 Å². The Morgan fingerprint density at radius 2 is 1.94 bits per heavy atom. The van der Waals surface area contributed by atoms with Crippen molar-refractivity contribution in [2.75, 3.05) is 18.0 Å². The van der Waals surface area contributed by atoms with Gasteiger partial charge < -0.3 is 14.7 Å². The molecule has 8 heteroatoms. The third-order valence-electron chi connectivity index (χ3n) is 7.83. The molecule has 1 N–H and O–H groups in total. The fraction of sp³-hybridized carbons (Fsp3) is 0.538. The highest BCUT2D eigenvalue weighted by atomic mass is 19.4. The maximum Gasteiger partial charge on any atom is 0.419 e. The summed E-state index contributed by atoms with van der Waals surface area (Å²) in [7, 11) is 0. The van der Waals surface area contributed by atoms with E-state index in [0.717, 1.165) is 48.8 Å². The minimum absolute atomic E-state index is 0.0291. The predicted octanol–water partition coefficient (Wildman–Crippen LogP) is 5.68. The number of halogens is 3. The van der Waals surface area contributed by atoms with E-state index in [4.69, 9.17) is 4.74 Å². The molecule has 182 valence electrons. The molecule has 0 radical (unpaired) electrons. The number of nitrogens with zero attached hydrogens (tertiary/aromatic N) is 2. The van der Waals surface area contributed by atoms with Gasteiger partial charge in [0.15, 0.2) is 0 Å². The predicted molar refractivity (Wildman–Crippen MR) is 121 cm³/mol. The zero-order valence-corrected chi connectivity index (χ0v) is 19.1. The molecule has 3 aliphatic rings. The van der Waals surface area contributed by atoms with Crippen LogP contribution in [0, 0.1) is 11.8 Å². The van der Waals surface area contributed by atoms with Crippen molar-refractivity contribution < 1.29 is 27.8 Å². The van der Waals surface area contributed by atoms with Crippen molar-refractivity contribution in [1.82, 2.24) is 4.98 Å². The Kier molecular flexibility index (Phi) is 5.73. The van der Waals surface area contributed by atoms with E-state index in [-0.39, 0.29) is 11.6 Å². The van der Waals surface area contributed by atoms with Crippen molar-refractivity contribution in [2.24, 2.45) is 11.8 Å². The number of hydrogen-bond donors (Lipinski definition) is 1. The van der Waals surface area contributed by atoms with E-state index in [1.165, 1.54) is 12.3 Å². The van der Waals surface area contributed by atoms with Crippen LogP contribution in [0.3, 0.4) is 0 Å². The number of fused-ring (bicyclic) bond motifs is 1. The Labute approximate surface area is 196 Å². The Hall–Kier alpha value is -2.77. The van der Waals surface area contributed by atoms with E-state index < -0.39 is 29.2 Å². The van der Waals surface area contributed by atoms with Crippen LogP contribution in [0.5, 0.6) is 5.75 Å². The van der Waals surface area contributed by atoms with Gasteiger partial charge in [-0.2, -0.15) is 13.2 Å². The third-order valence-corrected chi connectivity index (χ3v) is 7.83. The number of pyridine rings is 1. The molecule has 1 unspecified atom stereocenters. The average molecular weight is 475 g/mol. The van der Waals surface area contributed by atoms with Crippen LogP contribution in [0.15, 0.2) is 36.7 Å². The molecule has 1 aliphatic carbocycles. The molecule has 1 saturated carbocycles. The molecule has 1 aromatic carbocycles. The number of benzene rings is 1. The number of anilines is 1. The quantitative estimate of drug-likeness (QED) is 0.604. The van der Waals surface area contributed by atoms with Gasteiger partial charge in [0.1, 0.15) is 11.4 Å². The lowest BCUT2D eigenvalue weighted by Gasteiger charge is -2.45. The van der Waals surface area contributed by atoms with Gasteiger partial charge in [0.25, 0.3) is 0 Å². The first-order valence-electron chi connectivity index (χ1n) is 12.0. The first-order chi connectivity index (χ1) is 16.2. The number of carboxylic acids is 1. The van der Waals surface area contributed by atoms with Gasteiger partial charge in [0.2, 0.25) is 0 Å². The summed E-state index contributed by atoms with van der Waals surface area (Å²) in [5.74, 6) is -0.0738. The Bertz CT molecular complexity index is 1080. The zero-order valence-electron chi connectivity index (χ0n) is 19.1. The van der Waals surface area contributed by atoms with Crippen LogP contribution in [0.25, 0.3) is 0 Å².